The third-order valence-corrected chi connectivity index (χ3v) is 6.12. The summed E-state index contributed by atoms with van der Waals surface area (Å²) in [6.45, 7) is 3.31. The predicted molar refractivity (Wildman–Crippen MR) is 121 cm³/mol. The Hall–Kier alpha value is -3.99. The van der Waals surface area contributed by atoms with E-state index in [1.165, 1.54) is 25.2 Å². The summed E-state index contributed by atoms with van der Waals surface area (Å²) in [5.41, 5.74) is 1.15. The summed E-state index contributed by atoms with van der Waals surface area (Å²) in [6.07, 6.45) is -1.77. The van der Waals surface area contributed by atoms with Gasteiger partial charge in [-0.05, 0) is 32.0 Å². The molecule has 1 unspecified atom stereocenters. The van der Waals surface area contributed by atoms with Crippen LogP contribution in [0.15, 0.2) is 82.4 Å². The van der Waals surface area contributed by atoms with E-state index in [9.17, 15) is 18.0 Å². The van der Waals surface area contributed by atoms with Crippen LogP contribution in [0.3, 0.4) is 0 Å². The van der Waals surface area contributed by atoms with Crippen molar-refractivity contribution >= 4 is 22.4 Å². The molecule has 180 valence electrons. The first kappa shape index (κ1) is 24.6. The predicted octanol–water partition coefficient (Wildman–Crippen LogP) is 3.74. The van der Waals surface area contributed by atoms with Gasteiger partial charge in [0.1, 0.15) is 28.1 Å². The molecule has 1 aliphatic heterocycles. The first-order valence-electron chi connectivity index (χ1n) is 10.1. The summed E-state index contributed by atoms with van der Waals surface area (Å²) >= 11 is 0. The summed E-state index contributed by atoms with van der Waals surface area (Å²) in [4.78, 5) is 24.1. The molecule has 0 spiro atoms. The fourth-order valence-corrected chi connectivity index (χ4v) is 4.32. The number of hydrogen-bond acceptors (Lipinski definition) is 9. The van der Waals surface area contributed by atoms with Crippen LogP contribution in [-0.2, 0) is 24.3 Å². The van der Waals surface area contributed by atoms with Gasteiger partial charge in [-0.1, -0.05) is 36.4 Å². The minimum atomic E-state index is -4.19. The highest BCUT2D eigenvalue weighted by atomic mass is 32.2. The molecule has 2 aromatic rings. The molecule has 0 aliphatic carbocycles. The zero-order valence-corrected chi connectivity index (χ0v) is 19.8. The molecule has 11 heteroatoms. The van der Waals surface area contributed by atoms with E-state index < -0.39 is 28.3 Å². The summed E-state index contributed by atoms with van der Waals surface area (Å²) in [6, 6.07) is 13.9. The number of carbonyl (C=O) groups is 2. The van der Waals surface area contributed by atoms with Crippen LogP contribution in [0, 0.1) is 0 Å². The monoisotopic (exact) mass is 488 g/mol. The minimum absolute atomic E-state index is 0.0391. The molecule has 3 rings (SSSR count). The molecule has 0 saturated carbocycles. The first-order valence-corrected chi connectivity index (χ1v) is 11.5. The molecule has 0 bridgehead atoms. The lowest BCUT2D eigenvalue weighted by molar-refractivity contribution is 0.0888. The van der Waals surface area contributed by atoms with Crippen LogP contribution in [0.2, 0.25) is 0 Å². The average molecular weight is 489 g/mol. The number of carbonyl (C=O) groups excluding carboxylic acids is 2. The molecule has 1 amide bonds. The van der Waals surface area contributed by atoms with Crippen LogP contribution in [-0.4, -0.2) is 34.8 Å². The van der Waals surface area contributed by atoms with Gasteiger partial charge in [0.2, 0.25) is 0 Å². The summed E-state index contributed by atoms with van der Waals surface area (Å²) in [5, 5.41) is 5.35. The standard InChI is InChI=1S/C23H24N2O8S/c1-14-20(31-22(26)24-3)19(21(15(2)25-14)32-23(27)30-4)17-12-8-9-13-18(17)33-34(28,29)16-10-6-5-7-11-16/h5-13,19,25H,1-4H3,(H,24,26). The Morgan fingerprint density at radius 1 is 0.912 bits per heavy atom. The largest absolute Gasteiger partial charge is 0.513 e. The van der Waals surface area contributed by atoms with Crippen molar-refractivity contribution < 1.29 is 36.4 Å². The molecule has 0 radical (unpaired) electrons. The molecule has 2 aromatic carbocycles. The summed E-state index contributed by atoms with van der Waals surface area (Å²) in [5.74, 6) is -0.927. The number of alkyl carbamates (subject to hydrolysis) is 1. The van der Waals surface area contributed by atoms with Gasteiger partial charge in [-0.15, -0.1) is 0 Å². The van der Waals surface area contributed by atoms with E-state index in [0.29, 0.717) is 11.4 Å². The van der Waals surface area contributed by atoms with Gasteiger partial charge < -0.3 is 29.0 Å². The number of para-hydroxylation sites is 1. The van der Waals surface area contributed by atoms with Crippen molar-refractivity contribution in [3.05, 3.63) is 83.1 Å². The second kappa shape index (κ2) is 10.3. The molecule has 10 nitrogen and oxygen atoms in total. The Labute approximate surface area is 197 Å². The number of rotatable bonds is 6. The highest BCUT2D eigenvalue weighted by Crippen LogP contribution is 2.43. The quantitative estimate of drug-likeness (QED) is 0.461. The van der Waals surface area contributed by atoms with Gasteiger partial charge in [0.15, 0.2) is 0 Å². The van der Waals surface area contributed by atoms with Crippen molar-refractivity contribution in [2.75, 3.05) is 14.2 Å². The molecule has 34 heavy (non-hydrogen) atoms. The number of dihydropyridines is 1. The lowest BCUT2D eigenvalue weighted by Crippen LogP contribution is -2.31. The number of benzene rings is 2. The zero-order chi connectivity index (χ0) is 24.9. The van der Waals surface area contributed by atoms with Crippen LogP contribution >= 0.6 is 0 Å². The Bertz CT molecular complexity index is 1210. The number of ether oxygens (including phenoxy) is 3. The number of hydrogen-bond donors (Lipinski definition) is 2. The smallest absolute Gasteiger partial charge is 0.437 e. The van der Waals surface area contributed by atoms with Crippen molar-refractivity contribution in [2.45, 2.75) is 24.7 Å². The second-order valence-corrected chi connectivity index (χ2v) is 8.67. The maximum atomic E-state index is 12.9. The van der Waals surface area contributed by atoms with E-state index in [4.69, 9.17) is 13.7 Å². The molecule has 1 atom stereocenters. The van der Waals surface area contributed by atoms with Gasteiger partial charge in [0.25, 0.3) is 0 Å². The minimum Gasteiger partial charge on any atom is -0.437 e. The highest BCUT2D eigenvalue weighted by molar-refractivity contribution is 7.87. The Balaban J connectivity index is 2.15. The average Bonchev–Trinajstić information content (AvgIpc) is 2.82. The summed E-state index contributed by atoms with van der Waals surface area (Å²) in [7, 11) is -1.65. The Morgan fingerprint density at radius 3 is 2.12 bits per heavy atom. The molecule has 0 saturated heterocycles. The fourth-order valence-electron chi connectivity index (χ4n) is 3.34. The zero-order valence-electron chi connectivity index (χ0n) is 18.9. The van der Waals surface area contributed by atoms with Crippen molar-refractivity contribution in [1.29, 1.82) is 0 Å². The third-order valence-electron chi connectivity index (χ3n) is 4.87. The van der Waals surface area contributed by atoms with E-state index in [-0.39, 0.29) is 27.7 Å². The molecule has 0 aromatic heterocycles. The van der Waals surface area contributed by atoms with Crippen molar-refractivity contribution in [2.24, 2.45) is 0 Å². The molecule has 2 N–H and O–H groups in total. The molecule has 1 heterocycles. The highest BCUT2D eigenvalue weighted by Gasteiger charge is 2.37. The number of amides is 1. The van der Waals surface area contributed by atoms with E-state index in [1.54, 1.807) is 50.2 Å². The fraction of sp³-hybridized carbons (Fsp3) is 0.217. The van der Waals surface area contributed by atoms with E-state index >= 15 is 0 Å². The topological polar surface area (TPSA) is 129 Å². The van der Waals surface area contributed by atoms with Gasteiger partial charge in [0.05, 0.1) is 18.5 Å². The molecular formula is C23H24N2O8S. The van der Waals surface area contributed by atoms with Crippen molar-refractivity contribution in [3.8, 4) is 5.75 Å². The number of allylic oxidation sites excluding steroid dienone is 2. The van der Waals surface area contributed by atoms with Crippen molar-refractivity contribution in [1.82, 2.24) is 10.6 Å². The maximum absolute atomic E-state index is 12.9. The van der Waals surface area contributed by atoms with Crippen LogP contribution < -0.4 is 14.8 Å². The van der Waals surface area contributed by atoms with E-state index in [1.807, 2.05) is 0 Å². The first-order chi connectivity index (χ1) is 16.2. The van der Waals surface area contributed by atoms with Gasteiger partial charge in [-0.3, -0.25) is 0 Å². The lowest BCUT2D eigenvalue weighted by Gasteiger charge is -2.31. The second-order valence-electron chi connectivity index (χ2n) is 7.12. The third kappa shape index (κ3) is 5.31. The van der Waals surface area contributed by atoms with Gasteiger partial charge in [0, 0.05) is 12.6 Å². The van der Waals surface area contributed by atoms with Gasteiger partial charge in [-0.2, -0.15) is 8.42 Å². The Kier molecular flexibility index (Phi) is 7.47. The maximum Gasteiger partial charge on any atom is 0.513 e. The number of nitrogens with one attached hydrogen (secondary N) is 2. The van der Waals surface area contributed by atoms with Crippen LogP contribution in [0.4, 0.5) is 9.59 Å². The summed E-state index contributed by atoms with van der Waals surface area (Å²) < 4.78 is 46.8. The molecule has 1 aliphatic rings. The van der Waals surface area contributed by atoms with Crippen LogP contribution in [0.5, 0.6) is 5.75 Å². The van der Waals surface area contributed by atoms with Crippen LogP contribution in [0.25, 0.3) is 0 Å². The number of methoxy groups -OCH3 is 1. The van der Waals surface area contributed by atoms with E-state index in [0.717, 1.165) is 7.11 Å². The van der Waals surface area contributed by atoms with Gasteiger partial charge in [-0.25, -0.2) is 9.59 Å². The molecule has 0 fully saturated rings. The van der Waals surface area contributed by atoms with Crippen molar-refractivity contribution in [3.63, 3.8) is 0 Å². The van der Waals surface area contributed by atoms with E-state index in [2.05, 4.69) is 15.4 Å². The normalized spacial score (nSPS) is 15.8. The Morgan fingerprint density at radius 2 is 1.50 bits per heavy atom. The van der Waals surface area contributed by atoms with Gasteiger partial charge >= 0.3 is 22.4 Å². The molecular weight excluding hydrogens is 464 g/mol. The SMILES string of the molecule is CNC(=O)OC1=C(C)NC(C)=C(OC(=O)OC)C1c1ccccc1OS(=O)(=O)c1ccccc1. The van der Waals surface area contributed by atoms with Crippen LogP contribution in [0.1, 0.15) is 25.3 Å². The lowest BCUT2D eigenvalue weighted by atomic mass is 9.90.